The molecule has 0 spiro atoms. The maximum absolute atomic E-state index is 12.4. The van der Waals surface area contributed by atoms with Gasteiger partial charge in [-0.25, -0.2) is 0 Å². The number of nitriles is 1. The number of rotatable bonds is 3. The maximum Gasteiger partial charge on any atom is 0.254 e. The third kappa shape index (κ3) is 2.91. The second kappa shape index (κ2) is 6.01. The lowest BCUT2D eigenvalue weighted by Crippen LogP contribution is -2.39. The molecule has 1 fully saturated rings. The quantitative estimate of drug-likeness (QED) is 0.804. The number of carbonyl (C=O) groups excluding carboxylic acids is 1. The highest BCUT2D eigenvalue weighted by atomic mass is 79.9. The van der Waals surface area contributed by atoms with Gasteiger partial charge in [-0.2, -0.15) is 5.26 Å². The molecule has 1 saturated carbocycles. The second-order valence-corrected chi connectivity index (χ2v) is 5.45. The van der Waals surface area contributed by atoms with E-state index in [1.165, 1.54) is 0 Å². The Morgan fingerprint density at radius 3 is 2.50 bits per heavy atom. The van der Waals surface area contributed by atoms with Gasteiger partial charge in [0.05, 0.1) is 6.07 Å². The average Bonchev–Trinajstić information content (AvgIpc) is 2.90. The maximum atomic E-state index is 12.4. The summed E-state index contributed by atoms with van der Waals surface area (Å²) < 4.78 is 0.951. The Kier molecular flexibility index (Phi) is 4.38. The van der Waals surface area contributed by atoms with Crippen LogP contribution in [0.4, 0.5) is 0 Å². The number of nitrogens with zero attached hydrogens (tertiary/aromatic N) is 2. The number of amides is 1. The highest BCUT2D eigenvalue weighted by Gasteiger charge is 2.27. The number of hydrogen-bond acceptors (Lipinski definition) is 2. The van der Waals surface area contributed by atoms with Crippen LogP contribution in [0.15, 0.2) is 28.7 Å². The Labute approximate surface area is 116 Å². The molecule has 0 aliphatic heterocycles. The molecule has 0 heterocycles. The molecule has 18 heavy (non-hydrogen) atoms. The molecule has 1 aromatic rings. The van der Waals surface area contributed by atoms with Crippen LogP contribution >= 0.6 is 15.9 Å². The van der Waals surface area contributed by atoms with E-state index in [0.29, 0.717) is 5.56 Å². The summed E-state index contributed by atoms with van der Waals surface area (Å²) in [5.41, 5.74) is 0.653. The molecule has 0 saturated heterocycles. The zero-order valence-corrected chi connectivity index (χ0v) is 11.7. The number of hydrogen-bond donors (Lipinski definition) is 0. The van der Waals surface area contributed by atoms with Gasteiger partial charge >= 0.3 is 0 Å². The molecule has 0 unspecified atom stereocenters. The molecule has 3 nitrogen and oxygen atoms in total. The topological polar surface area (TPSA) is 44.1 Å². The molecule has 1 amide bonds. The summed E-state index contributed by atoms with van der Waals surface area (Å²) in [6, 6.07) is 9.64. The fourth-order valence-corrected chi connectivity index (χ4v) is 2.68. The fraction of sp³-hybridized carbons (Fsp3) is 0.429. The summed E-state index contributed by atoms with van der Waals surface area (Å²) in [6.07, 6.45) is 4.34. The average molecular weight is 307 g/mol. The van der Waals surface area contributed by atoms with E-state index in [0.717, 1.165) is 30.2 Å². The van der Waals surface area contributed by atoms with E-state index in [-0.39, 0.29) is 18.5 Å². The van der Waals surface area contributed by atoms with Crippen LogP contribution in [-0.4, -0.2) is 23.4 Å². The molecule has 0 radical (unpaired) electrons. The lowest BCUT2D eigenvalue weighted by Gasteiger charge is -2.26. The lowest BCUT2D eigenvalue weighted by molar-refractivity contribution is 0.0709. The summed E-state index contributed by atoms with van der Waals surface area (Å²) in [5.74, 6) is -0.0315. The Bertz CT molecular complexity index is 458. The van der Waals surface area contributed by atoms with Crippen LogP contribution in [0.5, 0.6) is 0 Å². The van der Waals surface area contributed by atoms with Crippen LogP contribution < -0.4 is 0 Å². The van der Waals surface area contributed by atoms with Gasteiger partial charge in [0.25, 0.3) is 5.91 Å². The van der Waals surface area contributed by atoms with Crippen molar-refractivity contribution < 1.29 is 4.79 Å². The molecule has 0 aromatic heterocycles. The molecule has 1 aliphatic rings. The Morgan fingerprint density at radius 2 is 1.94 bits per heavy atom. The minimum Gasteiger partial charge on any atom is -0.322 e. The van der Waals surface area contributed by atoms with Crippen molar-refractivity contribution in [3.63, 3.8) is 0 Å². The molecule has 2 rings (SSSR count). The van der Waals surface area contributed by atoms with Crippen molar-refractivity contribution in [2.45, 2.75) is 31.7 Å². The third-order valence-corrected chi connectivity index (χ3v) is 3.89. The van der Waals surface area contributed by atoms with Gasteiger partial charge in [-0.05, 0) is 37.1 Å². The van der Waals surface area contributed by atoms with Crippen molar-refractivity contribution in [2.75, 3.05) is 6.54 Å². The van der Waals surface area contributed by atoms with Gasteiger partial charge in [-0.3, -0.25) is 4.79 Å². The van der Waals surface area contributed by atoms with Gasteiger partial charge in [0.15, 0.2) is 0 Å². The normalized spacial score (nSPS) is 15.3. The van der Waals surface area contributed by atoms with E-state index >= 15 is 0 Å². The summed E-state index contributed by atoms with van der Waals surface area (Å²) in [7, 11) is 0. The highest BCUT2D eigenvalue weighted by molar-refractivity contribution is 9.10. The Balaban J connectivity index is 2.17. The van der Waals surface area contributed by atoms with E-state index in [4.69, 9.17) is 5.26 Å². The van der Waals surface area contributed by atoms with Crippen LogP contribution in [0.1, 0.15) is 36.0 Å². The first-order valence-corrected chi connectivity index (χ1v) is 6.95. The van der Waals surface area contributed by atoms with Crippen LogP contribution in [0, 0.1) is 11.3 Å². The Morgan fingerprint density at radius 1 is 1.33 bits per heavy atom. The van der Waals surface area contributed by atoms with Crippen molar-refractivity contribution >= 4 is 21.8 Å². The monoisotopic (exact) mass is 306 g/mol. The van der Waals surface area contributed by atoms with Crippen LogP contribution in [0.2, 0.25) is 0 Å². The summed E-state index contributed by atoms with van der Waals surface area (Å²) in [4.78, 5) is 14.1. The first-order valence-electron chi connectivity index (χ1n) is 6.16. The van der Waals surface area contributed by atoms with E-state index in [9.17, 15) is 4.79 Å². The first-order chi connectivity index (χ1) is 8.72. The SMILES string of the molecule is N#CCN(C(=O)c1ccc(Br)cc1)C1CCCC1. The molecule has 94 valence electrons. The van der Waals surface area contributed by atoms with E-state index in [2.05, 4.69) is 22.0 Å². The number of benzene rings is 1. The van der Waals surface area contributed by atoms with Gasteiger partial charge in [0.2, 0.25) is 0 Å². The predicted octanol–water partition coefficient (Wildman–Crippen LogP) is 3.36. The smallest absolute Gasteiger partial charge is 0.254 e. The third-order valence-electron chi connectivity index (χ3n) is 3.36. The molecular weight excluding hydrogens is 292 g/mol. The fourth-order valence-electron chi connectivity index (χ4n) is 2.42. The standard InChI is InChI=1S/C14H15BrN2O/c15-12-7-5-11(6-8-12)14(18)17(10-9-16)13-3-1-2-4-13/h5-8,13H,1-4,10H2. The minimum absolute atomic E-state index is 0.0315. The van der Waals surface area contributed by atoms with Gasteiger partial charge < -0.3 is 4.90 Å². The van der Waals surface area contributed by atoms with Crippen molar-refractivity contribution in [3.8, 4) is 6.07 Å². The summed E-state index contributed by atoms with van der Waals surface area (Å²) >= 11 is 3.35. The zero-order chi connectivity index (χ0) is 13.0. The van der Waals surface area contributed by atoms with Crippen molar-refractivity contribution in [1.29, 1.82) is 5.26 Å². The predicted molar refractivity (Wildman–Crippen MR) is 73.0 cm³/mol. The van der Waals surface area contributed by atoms with Gasteiger partial charge in [-0.15, -0.1) is 0 Å². The van der Waals surface area contributed by atoms with E-state index in [1.807, 2.05) is 12.1 Å². The molecule has 1 aliphatic carbocycles. The minimum atomic E-state index is -0.0315. The van der Waals surface area contributed by atoms with Crippen molar-refractivity contribution in [2.24, 2.45) is 0 Å². The van der Waals surface area contributed by atoms with E-state index in [1.54, 1.807) is 17.0 Å². The number of halogens is 1. The molecule has 0 atom stereocenters. The van der Waals surface area contributed by atoms with Gasteiger partial charge in [0, 0.05) is 16.1 Å². The summed E-state index contributed by atoms with van der Waals surface area (Å²) in [5, 5.41) is 8.89. The van der Waals surface area contributed by atoms with Gasteiger partial charge in [-0.1, -0.05) is 28.8 Å². The Hall–Kier alpha value is -1.34. The number of carbonyl (C=O) groups is 1. The van der Waals surface area contributed by atoms with Crippen LogP contribution in [0.3, 0.4) is 0 Å². The van der Waals surface area contributed by atoms with Crippen LogP contribution in [-0.2, 0) is 0 Å². The van der Waals surface area contributed by atoms with Crippen molar-refractivity contribution in [3.05, 3.63) is 34.3 Å². The zero-order valence-electron chi connectivity index (χ0n) is 10.1. The lowest BCUT2D eigenvalue weighted by atomic mass is 10.1. The van der Waals surface area contributed by atoms with E-state index < -0.39 is 0 Å². The molecule has 0 bridgehead atoms. The van der Waals surface area contributed by atoms with Crippen LogP contribution in [0.25, 0.3) is 0 Å². The molecule has 0 N–H and O–H groups in total. The second-order valence-electron chi connectivity index (χ2n) is 4.54. The first kappa shape index (κ1) is 13.1. The summed E-state index contributed by atoms with van der Waals surface area (Å²) in [6.45, 7) is 0.180. The highest BCUT2D eigenvalue weighted by Crippen LogP contribution is 2.25. The van der Waals surface area contributed by atoms with Gasteiger partial charge in [0.1, 0.15) is 6.54 Å². The largest absolute Gasteiger partial charge is 0.322 e. The van der Waals surface area contributed by atoms with Crippen molar-refractivity contribution in [1.82, 2.24) is 4.90 Å². The molecule has 4 heteroatoms. The molecule has 1 aromatic carbocycles. The molecular formula is C14H15BrN2O.